The summed E-state index contributed by atoms with van der Waals surface area (Å²) in [6, 6.07) is 11.1. The Morgan fingerprint density at radius 2 is 1.75 bits per heavy atom. The highest BCUT2D eigenvalue weighted by Crippen LogP contribution is 2.32. The zero-order valence-corrected chi connectivity index (χ0v) is 18.0. The van der Waals surface area contributed by atoms with Crippen molar-refractivity contribution in [2.45, 2.75) is 19.5 Å². The molecule has 0 aromatic heterocycles. The molecule has 2 aliphatic heterocycles. The molecule has 4 rings (SSSR count). The SMILES string of the molecule is CC(C(=O)NCc1ccc2c(c1)OCO2)N1CCN(CC(=O)Nc2ccc(F)cc2)CC1. The fraction of sp³-hybridized carbons (Fsp3) is 0.391. The smallest absolute Gasteiger partial charge is 0.238 e. The predicted octanol–water partition coefficient (Wildman–Crippen LogP) is 1.82. The van der Waals surface area contributed by atoms with Gasteiger partial charge in [-0.05, 0) is 48.9 Å². The van der Waals surface area contributed by atoms with Crippen molar-refractivity contribution in [1.82, 2.24) is 15.1 Å². The molecule has 2 aliphatic rings. The van der Waals surface area contributed by atoms with Gasteiger partial charge < -0.3 is 20.1 Å². The van der Waals surface area contributed by atoms with E-state index in [1.807, 2.05) is 30.0 Å². The fourth-order valence-corrected chi connectivity index (χ4v) is 3.80. The van der Waals surface area contributed by atoms with E-state index in [0.29, 0.717) is 44.2 Å². The molecule has 1 atom stereocenters. The lowest BCUT2D eigenvalue weighted by Crippen LogP contribution is -2.54. The van der Waals surface area contributed by atoms with Crippen molar-refractivity contribution in [3.63, 3.8) is 0 Å². The number of halogens is 1. The molecule has 0 radical (unpaired) electrons. The van der Waals surface area contributed by atoms with Gasteiger partial charge >= 0.3 is 0 Å². The minimum Gasteiger partial charge on any atom is -0.454 e. The van der Waals surface area contributed by atoms with Crippen LogP contribution in [0.25, 0.3) is 0 Å². The lowest BCUT2D eigenvalue weighted by Gasteiger charge is -2.37. The van der Waals surface area contributed by atoms with Gasteiger partial charge in [0.15, 0.2) is 11.5 Å². The van der Waals surface area contributed by atoms with Crippen LogP contribution in [0.4, 0.5) is 10.1 Å². The van der Waals surface area contributed by atoms with Gasteiger partial charge in [0.05, 0.1) is 12.6 Å². The van der Waals surface area contributed by atoms with E-state index >= 15 is 0 Å². The van der Waals surface area contributed by atoms with Gasteiger partial charge in [0.25, 0.3) is 0 Å². The molecule has 2 aromatic carbocycles. The second-order valence-electron chi connectivity index (χ2n) is 7.95. The first-order chi connectivity index (χ1) is 15.5. The van der Waals surface area contributed by atoms with Gasteiger partial charge in [0, 0.05) is 38.4 Å². The van der Waals surface area contributed by atoms with Crippen molar-refractivity contribution >= 4 is 17.5 Å². The summed E-state index contributed by atoms with van der Waals surface area (Å²) in [6.45, 7) is 5.57. The second-order valence-corrected chi connectivity index (χ2v) is 7.95. The molecule has 170 valence electrons. The maximum atomic E-state index is 13.0. The average molecular weight is 442 g/mol. The van der Waals surface area contributed by atoms with Crippen molar-refractivity contribution in [2.24, 2.45) is 0 Å². The molecule has 0 saturated carbocycles. The quantitative estimate of drug-likeness (QED) is 0.681. The number of carbonyl (C=O) groups is 2. The molecule has 2 aromatic rings. The van der Waals surface area contributed by atoms with E-state index in [4.69, 9.17) is 9.47 Å². The molecule has 32 heavy (non-hydrogen) atoms. The number of amides is 2. The van der Waals surface area contributed by atoms with Crippen LogP contribution in [0.15, 0.2) is 42.5 Å². The molecule has 2 heterocycles. The Bertz CT molecular complexity index is 961. The van der Waals surface area contributed by atoms with Gasteiger partial charge in [0.2, 0.25) is 18.6 Å². The molecule has 2 N–H and O–H groups in total. The molecule has 1 fully saturated rings. The van der Waals surface area contributed by atoms with E-state index in [1.165, 1.54) is 24.3 Å². The number of carbonyl (C=O) groups excluding carboxylic acids is 2. The lowest BCUT2D eigenvalue weighted by molar-refractivity contribution is -0.127. The maximum absolute atomic E-state index is 13.0. The number of fused-ring (bicyclic) bond motifs is 1. The lowest BCUT2D eigenvalue weighted by atomic mass is 10.1. The van der Waals surface area contributed by atoms with Crippen molar-refractivity contribution < 1.29 is 23.5 Å². The molecule has 0 bridgehead atoms. The Labute approximate surface area is 186 Å². The Balaban J connectivity index is 1.19. The highest BCUT2D eigenvalue weighted by molar-refractivity contribution is 5.92. The van der Waals surface area contributed by atoms with Crippen molar-refractivity contribution in [3.05, 3.63) is 53.8 Å². The topological polar surface area (TPSA) is 83.1 Å². The standard InChI is InChI=1S/C23H27FN4O4/c1-16(23(30)25-13-17-2-7-20-21(12-17)32-15-31-20)28-10-8-27(9-11-28)14-22(29)26-19-5-3-18(24)4-6-19/h2-7,12,16H,8-11,13-15H2,1H3,(H,25,30)(H,26,29). The largest absolute Gasteiger partial charge is 0.454 e. The summed E-state index contributed by atoms with van der Waals surface area (Å²) in [5.74, 6) is 0.903. The summed E-state index contributed by atoms with van der Waals surface area (Å²) in [5, 5.41) is 5.76. The number of nitrogens with one attached hydrogen (secondary N) is 2. The predicted molar refractivity (Wildman–Crippen MR) is 117 cm³/mol. The molecular weight excluding hydrogens is 415 g/mol. The summed E-state index contributed by atoms with van der Waals surface area (Å²) in [7, 11) is 0. The Kier molecular flexibility index (Phi) is 6.87. The highest BCUT2D eigenvalue weighted by Gasteiger charge is 2.26. The van der Waals surface area contributed by atoms with Gasteiger partial charge in [-0.25, -0.2) is 4.39 Å². The number of ether oxygens (including phenoxy) is 2. The van der Waals surface area contributed by atoms with Crippen molar-refractivity contribution in [2.75, 3.05) is 44.8 Å². The molecule has 1 saturated heterocycles. The second kappa shape index (κ2) is 9.97. The molecule has 9 heteroatoms. The first-order valence-electron chi connectivity index (χ1n) is 10.7. The van der Waals surface area contributed by atoms with E-state index in [1.54, 1.807) is 0 Å². The van der Waals surface area contributed by atoms with E-state index in [9.17, 15) is 14.0 Å². The number of piperazine rings is 1. The van der Waals surface area contributed by atoms with E-state index in [-0.39, 0.29) is 37.0 Å². The van der Waals surface area contributed by atoms with E-state index < -0.39 is 0 Å². The first kappa shape index (κ1) is 22.0. The van der Waals surface area contributed by atoms with Crippen LogP contribution in [-0.4, -0.2) is 67.2 Å². The highest BCUT2D eigenvalue weighted by atomic mass is 19.1. The zero-order valence-electron chi connectivity index (χ0n) is 18.0. The van der Waals surface area contributed by atoms with Gasteiger partial charge in [-0.3, -0.25) is 19.4 Å². The molecule has 0 aliphatic carbocycles. The number of anilines is 1. The van der Waals surface area contributed by atoms with Crippen LogP contribution < -0.4 is 20.1 Å². The maximum Gasteiger partial charge on any atom is 0.238 e. The molecule has 8 nitrogen and oxygen atoms in total. The van der Waals surface area contributed by atoms with Crippen LogP contribution in [-0.2, 0) is 16.1 Å². The van der Waals surface area contributed by atoms with Crippen LogP contribution in [0, 0.1) is 5.82 Å². The Morgan fingerprint density at radius 1 is 1.03 bits per heavy atom. The van der Waals surface area contributed by atoms with Gasteiger partial charge in [-0.15, -0.1) is 0 Å². The summed E-state index contributed by atoms with van der Waals surface area (Å²) >= 11 is 0. The number of nitrogens with zero attached hydrogens (tertiary/aromatic N) is 2. The van der Waals surface area contributed by atoms with Gasteiger partial charge in [-0.2, -0.15) is 0 Å². The summed E-state index contributed by atoms with van der Waals surface area (Å²) in [6.07, 6.45) is 0. The van der Waals surface area contributed by atoms with Gasteiger partial charge in [0.1, 0.15) is 5.82 Å². The first-order valence-corrected chi connectivity index (χ1v) is 10.7. The Hall–Kier alpha value is -3.17. The number of hydrogen-bond acceptors (Lipinski definition) is 6. The number of rotatable bonds is 7. The monoisotopic (exact) mass is 442 g/mol. The third kappa shape index (κ3) is 5.54. The minimum atomic E-state index is -0.340. The van der Waals surface area contributed by atoms with Crippen LogP contribution in [0.1, 0.15) is 12.5 Å². The molecule has 1 unspecified atom stereocenters. The Morgan fingerprint density at radius 3 is 2.50 bits per heavy atom. The molecule has 2 amide bonds. The van der Waals surface area contributed by atoms with E-state index in [2.05, 4.69) is 15.5 Å². The van der Waals surface area contributed by atoms with Crippen molar-refractivity contribution in [1.29, 1.82) is 0 Å². The van der Waals surface area contributed by atoms with Crippen LogP contribution in [0.5, 0.6) is 11.5 Å². The molecule has 0 spiro atoms. The zero-order chi connectivity index (χ0) is 22.5. The third-order valence-electron chi connectivity index (χ3n) is 5.73. The molecular formula is C23H27FN4O4. The number of benzene rings is 2. The minimum absolute atomic E-state index is 0.0369. The van der Waals surface area contributed by atoms with Crippen molar-refractivity contribution in [3.8, 4) is 11.5 Å². The summed E-state index contributed by atoms with van der Waals surface area (Å²) < 4.78 is 23.7. The third-order valence-corrected chi connectivity index (χ3v) is 5.73. The average Bonchev–Trinajstić information content (AvgIpc) is 3.27. The van der Waals surface area contributed by atoms with Crippen LogP contribution >= 0.6 is 0 Å². The van der Waals surface area contributed by atoms with Crippen LogP contribution in [0.3, 0.4) is 0 Å². The fourth-order valence-electron chi connectivity index (χ4n) is 3.80. The number of hydrogen-bond donors (Lipinski definition) is 2. The summed E-state index contributed by atoms with van der Waals surface area (Å²) in [4.78, 5) is 29.0. The van der Waals surface area contributed by atoms with E-state index in [0.717, 1.165) is 11.3 Å². The van der Waals surface area contributed by atoms with Crippen LogP contribution in [0.2, 0.25) is 0 Å². The summed E-state index contributed by atoms with van der Waals surface area (Å²) in [5.41, 5.74) is 1.52. The normalized spacial score (nSPS) is 17.1. The van der Waals surface area contributed by atoms with Gasteiger partial charge in [-0.1, -0.05) is 6.07 Å².